The van der Waals surface area contributed by atoms with E-state index in [0.29, 0.717) is 5.89 Å². The van der Waals surface area contributed by atoms with Crippen molar-refractivity contribution in [1.82, 2.24) is 10.2 Å². The molecule has 0 atom stereocenters. The molecule has 0 aliphatic rings. The number of nitrogens with zero attached hydrogens (tertiary/aromatic N) is 2. The third-order valence-corrected chi connectivity index (χ3v) is 4.19. The molecule has 0 bridgehead atoms. The molecule has 1 N–H and O–H groups in total. The molecule has 0 saturated carbocycles. The van der Waals surface area contributed by atoms with Crippen molar-refractivity contribution < 1.29 is 9.21 Å². The van der Waals surface area contributed by atoms with Crippen LogP contribution in [0.15, 0.2) is 63.9 Å². The predicted octanol–water partition coefficient (Wildman–Crippen LogP) is 4.03. The van der Waals surface area contributed by atoms with Crippen LogP contribution in [0, 0.1) is 0 Å². The highest BCUT2D eigenvalue weighted by Gasteiger charge is 2.11. The van der Waals surface area contributed by atoms with Crippen molar-refractivity contribution in [2.45, 2.75) is 18.2 Å². The van der Waals surface area contributed by atoms with E-state index in [2.05, 4.69) is 22.4 Å². The number of amides is 1. The fourth-order valence-electron chi connectivity index (χ4n) is 2.19. The Morgan fingerprint density at radius 2 is 1.83 bits per heavy atom. The SMILES string of the molecule is CCSc1ccc(CC(=O)Nc2nnc(-c3ccccc3)o2)cc1. The van der Waals surface area contributed by atoms with Crippen molar-refractivity contribution in [1.29, 1.82) is 0 Å². The van der Waals surface area contributed by atoms with Gasteiger partial charge in [-0.3, -0.25) is 10.1 Å². The number of carbonyl (C=O) groups is 1. The molecular weight excluding hydrogens is 322 g/mol. The van der Waals surface area contributed by atoms with Gasteiger partial charge in [0.2, 0.25) is 11.8 Å². The van der Waals surface area contributed by atoms with E-state index in [4.69, 9.17) is 4.42 Å². The standard InChI is InChI=1S/C18H17N3O2S/c1-2-24-15-10-8-13(9-11-15)12-16(22)19-18-21-20-17(23-18)14-6-4-3-5-7-14/h3-11H,2,12H2,1H3,(H,19,21,22). The highest BCUT2D eigenvalue weighted by atomic mass is 32.2. The first-order valence-electron chi connectivity index (χ1n) is 7.65. The maximum Gasteiger partial charge on any atom is 0.322 e. The Hall–Kier alpha value is -2.60. The average Bonchev–Trinajstić information content (AvgIpc) is 3.06. The number of hydrogen-bond donors (Lipinski definition) is 1. The van der Waals surface area contributed by atoms with Crippen molar-refractivity contribution in [2.24, 2.45) is 0 Å². The Morgan fingerprint density at radius 1 is 1.08 bits per heavy atom. The van der Waals surface area contributed by atoms with Crippen molar-refractivity contribution in [3.05, 3.63) is 60.2 Å². The lowest BCUT2D eigenvalue weighted by Gasteiger charge is -2.03. The van der Waals surface area contributed by atoms with Gasteiger partial charge in [0.05, 0.1) is 6.42 Å². The van der Waals surface area contributed by atoms with E-state index >= 15 is 0 Å². The van der Waals surface area contributed by atoms with Gasteiger partial charge in [0.15, 0.2) is 0 Å². The smallest absolute Gasteiger partial charge is 0.322 e. The molecule has 0 unspecified atom stereocenters. The summed E-state index contributed by atoms with van der Waals surface area (Å²) in [6, 6.07) is 17.5. The molecule has 3 aromatic rings. The summed E-state index contributed by atoms with van der Waals surface area (Å²) in [7, 11) is 0. The highest BCUT2D eigenvalue weighted by Crippen LogP contribution is 2.20. The number of hydrogen-bond acceptors (Lipinski definition) is 5. The first-order valence-corrected chi connectivity index (χ1v) is 8.63. The number of carbonyl (C=O) groups excluding carboxylic acids is 1. The van der Waals surface area contributed by atoms with Gasteiger partial charge in [-0.25, -0.2) is 0 Å². The third kappa shape index (κ3) is 4.23. The Bertz CT molecular complexity index is 801. The molecule has 6 heteroatoms. The van der Waals surface area contributed by atoms with Crippen molar-refractivity contribution in [3.63, 3.8) is 0 Å². The molecule has 1 heterocycles. The molecule has 122 valence electrons. The van der Waals surface area contributed by atoms with Crippen LogP contribution >= 0.6 is 11.8 Å². The summed E-state index contributed by atoms with van der Waals surface area (Å²) >= 11 is 1.77. The Morgan fingerprint density at radius 3 is 2.54 bits per heavy atom. The van der Waals surface area contributed by atoms with Gasteiger partial charge < -0.3 is 4.42 Å². The lowest BCUT2D eigenvalue weighted by molar-refractivity contribution is -0.115. The van der Waals surface area contributed by atoms with E-state index < -0.39 is 0 Å². The normalized spacial score (nSPS) is 10.5. The minimum atomic E-state index is -0.186. The van der Waals surface area contributed by atoms with E-state index in [1.807, 2.05) is 54.6 Å². The minimum Gasteiger partial charge on any atom is -0.403 e. The molecule has 0 fully saturated rings. The van der Waals surface area contributed by atoms with E-state index in [1.54, 1.807) is 11.8 Å². The van der Waals surface area contributed by atoms with Gasteiger partial charge in [-0.2, -0.15) is 0 Å². The van der Waals surface area contributed by atoms with E-state index in [1.165, 1.54) is 4.90 Å². The summed E-state index contributed by atoms with van der Waals surface area (Å²) in [5.74, 6) is 1.22. The number of anilines is 1. The number of rotatable bonds is 6. The lowest BCUT2D eigenvalue weighted by Crippen LogP contribution is -2.14. The molecule has 24 heavy (non-hydrogen) atoms. The molecule has 0 saturated heterocycles. The molecule has 1 amide bonds. The summed E-state index contributed by atoms with van der Waals surface area (Å²) in [6.45, 7) is 2.11. The summed E-state index contributed by atoms with van der Waals surface area (Å²) in [5, 5.41) is 10.4. The van der Waals surface area contributed by atoms with Crippen LogP contribution in [0.3, 0.4) is 0 Å². The van der Waals surface area contributed by atoms with Crippen LogP contribution in [-0.2, 0) is 11.2 Å². The first-order chi connectivity index (χ1) is 11.7. The maximum atomic E-state index is 12.1. The summed E-state index contributed by atoms with van der Waals surface area (Å²) in [5.41, 5.74) is 1.75. The Kier molecular flexibility index (Phi) is 5.28. The maximum absolute atomic E-state index is 12.1. The van der Waals surface area contributed by atoms with Gasteiger partial charge >= 0.3 is 6.01 Å². The third-order valence-electron chi connectivity index (χ3n) is 3.29. The molecule has 2 aromatic carbocycles. The molecule has 1 aromatic heterocycles. The fourth-order valence-corrected chi connectivity index (χ4v) is 2.85. The molecule has 0 radical (unpaired) electrons. The second-order valence-electron chi connectivity index (χ2n) is 5.08. The first kappa shape index (κ1) is 16.3. The largest absolute Gasteiger partial charge is 0.403 e. The molecular formula is C18H17N3O2S. The zero-order chi connectivity index (χ0) is 16.8. The highest BCUT2D eigenvalue weighted by molar-refractivity contribution is 7.99. The van der Waals surface area contributed by atoms with Gasteiger partial charge in [0.25, 0.3) is 0 Å². The summed E-state index contributed by atoms with van der Waals surface area (Å²) in [4.78, 5) is 13.3. The second kappa shape index (κ2) is 7.79. The van der Waals surface area contributed by atoms with Crippen LogP contribution in [0.5, 0.6) is 0 Å². The fraction of sp³-hybridized carbons (Fsp3) is 0.167. The van der Waals surface area contributed by atoms with Crippen LogP contribution in [0.1, 0.15) is 12.5 Å². The number of aromatic nitrogens is 2. The minimum absolute atomic E-state index is 0.108. The van der Waals surface area contributed by atoms with E-state index in [0.717, 1.165) is 16.9 Å². The lowest BCUT2D eigenvalue weighted by atomic mass is 10.1. The average molecular weight is 339 g/mol. The molecule has 5 nitrogen and oxygen atoms in total. The van der Waals surface area contributed by atoms with Gasteiger partial charge in [-0.1, -0.05) is 42.4 Å². The molecule has 3 rings (SSSR count). The van der Waals surface area contributed by atoms with Crippen molar-refractivity contribution in [2.75, 3.05) is 11.1 Å². The summed E-state index contributed by atoms with van der Waals surface area (Å²) in [6.07, 6.45) is 0.264. The topological polar surface area (TPSA) is 68.0 Å². The van der Waals surface area contributed by atoms with Gasteiger partial charge in [0.1, 0.15) is 0 Å². The zero-order valence-electron chi connectivity index (χ0n) is 13.2. The van der Waals surface area contributed by atoms with Crippen LogP contribution in [0.2, 0.25) is 0 Å². The van der Waals surface area contributed by atoms with Crippen LogP contribution in [-0.4, -0.2) is 21.9 Å². The van der Waals surface area contributed by atoms with Crippen LogP contribution < -0.4 is 5.32 Å². The molecule has 0 aliphatic heterocycles. The molecule has 0 spiro atoms. The van der Waals surface area contributed by atoms with E-state index in [-0.39, 0.29) is 18.3 Å². The molecule has 0 aliphatic carbocycles. The zero-order valence-corrected chi connectivity index (χ0v) is 14.0. The van der Waals surface area contributed by atoms with Crippen molar-refractivity contribution in [3.8, 4) is 11.5 Å². The second-order valence-corrected chi connectivity index (χ2v) is 6.42. The van der Waals surface area contributed by atoms with Gasteiger partial charge in [-0.15, -0.1) is 16.9 Å². The van der Waals surface area contributed by atoms with Gasteiger partial charge in [0, 0.05) is 10.5 Å². The van der Waals surface area contributed by atoms with Crippen molar-refractivity contribution >= 4 is 23.7 Å². The summed E-state index contributed by atoms with van der Waals surface area (Å²) < 4.78 is 5.47. The van der Waals surface area contributed by atoms with Crippen LogP contribution in [0.4, 0.5) is 6.01 Å². The van der Waals surface area contributed by atoms with Gasteiger partial charge in [-0.05, 0) is 35.6 Å². The number of thioether (sulfide) groups is 1. The predicted molar refractivity (Wildman–Crippen MR) is 94.9 cm³/mol. The Labute approximate surface area is 144 Å². The monoisotopic (exact) mass is 339 g/mol. The Balaban J connectivity index is 1.60. The van der Waals surface area contributed by atoms with Crippen LogP contribution in [0.25, 0.3) is 11.5 Å². The van der Waals surface area contributed by atoms with E-state index in [9.17, 15) is 4.79 Å². The number of nitrogens with one attached hydrogen (secondary N) is 1. The number of benzene rings is 2. The quantitative estimate of drug-likeness (QED) is 0.687.